The molecule has 0 amide bonds. The highest BCUT2D eigenvalue weighted by Crippen LogP contribution is 2.33. The number of ether oxygens (including phenoxy) is 1. The van der Waals surface area contributed by atoms with E-state index in [-0.39, 0.29) is 12.1 Å². The molecule has 3 fully saturated rings. The standard InChI is InChI=1S/C14H27N3O2/c15-14(11-18)3-1-12(9-14)17-4-2-13(10-17)16-5-7-19-8-6-16/h12-13,18H,1-11,15H2. The number of hydrogen-bond acceptors (Lipinski definition) is 5. The van der Waals surface area contributed by atoms with E-state index in [1.807, 2.05) is 0 Å². The van der Waals surface area contributed by atoms with E-state index in [1.165, 1.54) is 19.5 Å². The van der Waals surface area contributed by atoms with Crippen LogP contribution in [0.2, 0.25) is 0 Å². The van der Waals surface area contributed by atoms with Gasteiger partial charge < -0.3 is 15.6 Å². The van der Waals surface area contributed by atoms with Crippen molar-refractivity contribution in [3.8, 4) is 0 Å². The predicted octanol–water partition coefficient (Wildman–Crippen LogP) is -0.365. The summed E-state index contributed by atoms with van der Waals surface area (Å²) in [6.45, 7) is 6.43. The lowest BCUT2D eigenvalue weighted by Crippen LogP contribution is -2.46. The van der Waals surface area contributed by atoms with E-state index < -0.39 is 0 Å². The van der Waals surface area contributed by atoms with Crippen molar-refractivity contribution in [2.75, 3.05) is 46.0 Å². The zero-order chi connectivity index (χ0) is 13.3. The third-order valence-corrected chi connectivity index (χ3v) is 5.21. The first-order valence-electron chi connectivity index (χ1n) is 7.66. The Hall–Kier alpha value is -0.200. The molecule has 3 N–H and O–H groups in total. The molecule has 3 rings (SSSR count). The molecule has 5 nitrogen and oxygen atoms in total. The molecule has 3 aliphatic rings. The molecule has 0 spiro atoms. The molecule has 0 radical (unpaired) electrons. The van der Waals surface area contributed by atoms with E-state index >= 15 is 0 Å². The second kappa shape index (κ2) is 5.66. The zero-order valence-corrected chi connectivity index (χ0v) is 11.8. The smallest absolute Gasteiger partial charge is 0.0611 e. The maximum Gasteiger partial charge on any atom is 0.0611 e. The summed E-state index contributed by atoms with van der Waals surface area (Å²) in [6.07, 6.45) is 4.34. The third-order valence-electron chi connectivity index (χ3n) is 5.21. The van der Waals surface area contributed by atoms with Crippen molar-refractivity contribution in [1.29, 1.82) is 0 Å². The Labute approximate surface area is 115 Å². The molecule has 1 aliphatic carbocycles. The van der Waals surface area contributed by atoms with E-state index in [2.05, 4.69) is 9.80 Å². The predicted molar refractivity (Wildman–Crippen MR) is 74.0 cm³/mol. The lowest BCUT2D eigenvalue weighted by Gasteiger charge is -2.33. The lowest BCUT2D eigenvalue weighted by molar-refractivity contribution is 0.0175. The quantitative estimate of drug-likeness (QED) is 0.732. The highest BCUT2D eigenvalue weighted by molar-refractivity contribution is 4.99. The summed E-state index contributed by atoms with van der Waals surface area (Å²) in [4.78, 5) is 5.19. The average molecular weight is 269 g/mol. The van der Waals surface area contributed by atoms with Crippen molar-refractivity contribution in [2.45, 2.75) is 43.3 Å². The van der Waals surface area contributed by atoms with Gasteiger partial charge in [-0.1, -0.05) is 0 Å². The molecule has 19 heavy (non-hydrogen) atoms. The maximum absolute atomic E-state index is 9.38. The van der Waals surface area contributed by atoms with Crippen LogP contribution >= 0.6 is 0 Å². The number of nitrogens with zero attached hydrogens (tertiary/aromatic N) is 2. The molecule has 2 heterocycles. The van der Waals surface area contributed by atoms with E-state index in [1.54, 1.807) is 0 Å². The number of hydrogen-bond donors (Lipinski definition) is 2. The monoisotopic (exact) mass is 269 g/mol. The van der Waals surface area contributed by atoms with Crippen LogP contribution in [0.15, 0.2) is 0 Å². The Morgan fingerprint density at radius 2 is 1.89 bits per heavy atom. The second-order valence-electron chi connectivity index (χ2n) is 6.50. The van der Waals surface area contributed by atoms with Crippen LogP contribution in [0.3, 0.4) is 0 Å². The molecule has 110 valence electrons. The fraction of sp³-hybridized carbons (Fsp3) is 1.00. The minimum Gasteiger partial charge on any atom is -0.394 e. The van der Waals surface area contributed by atoms with Crippen molar-refractivity contribution >= 4 is 0 Å². The van der Waals surface area contributed by atoms with Gasteiger partial charge in [-0.2, -0.15) is 0 Å². The van der Waals surface area contributed by atoms with Crippen LogP contribution in [-0.4, -0.2) is 78.5 Å². The molecule has 2 aliphatic heterocycles. The molecule has 0 bridgehead atoms. The molecule has 3 unspecified atom stereocenters. The molecular weight excluding hydrogens is 242 g/mol. The van der Waals surface area contributed by atoms with Gasteiger partial charge in [0.05, 0.1) is 19.8 Å². The van der Waals surface area contributed by atoms with Crippen molar-refractivity contribution in [3.05, 3.63) is 0 Å². The van der Waals surface area contributed by atoms with E-state index in [0.717, 1.165) is 45.6 Å². The van der Waals surface area contributed by atoms with E-state index in [0.29, 0.717) is 12.1 Å². The van der Waals surface area contributed by atoms with Crippen LogP contribution in [-0.2, 0) is 4.74 Å². The van der Waals surface area contributed by atoms with Crippen LogP contribution in [0.4, 0.5) is 0 Å². The summed E-state index contributed by atoms with van der Waals surface area (Å²) in [5, 5.41) is 9.38. The fourth-order valence-corrected chi connectivity index (χ4v) is 3.92. The zero-order valence-electron chi connectivity index (χ0n) is 11.8. The van der Waals surface area contributed by atoms with Gasteiger partial charge in [0.2, 0.25) is 0 Å². The van der Waals surface area contributed by atoms with Crippen LogP contribution in [0.25, 0.3) is 0 Å². The number of rotatable bonds is 3. The minimum absolute atomic E-state index is 0.129. The molecule has 0 aromatic carbocycles. The minimum atomic E-state index is -0.318. The second-order valence-corrected chi connectivity index (χ2v) is 6.50. The maximum atomic E-state index is 9.38. The molecule has 0 aromatic rings. The first-order chi connectivity index (χ1) is 9.20. The van der Waals surface area contributed by atoms with Crippen LogP contribution < -0.4 is 5.73 Å². The van der Waals surface area contributed by atoms with Gasteiger partial charge >= 0.3 is 0 Å². The molecule has 3 atom stereocenters. The third kappa shape index (κ3) is 2.95. The first-order valence-corrected chi connectivity index (χ1v) is 7.66. The lowest BCUT2D eigenvalue weighted by atomic mass is 10.0. The Morgan fingerprint density at radius 3 is 2.58 bits per heavy atom. The highest BCUT2D eigenvalue weighted by Gasteiger charge is 2.40. The number of morpholine rings is 1. The van der Waals surface area contributed by atoms with Crippen molar-refractivity contribution < 1.29 is 9.84 Å². The van der Waals surface area contributed by atoms with Crippen LogP contribution in [0.1, 0.15) is 25.7 Å². The number of aliphatic hydroxyl groups excluding tert-OH is 1. The van der Waals surface area contributed by atoms with Gasteiger partial charge in [0, 0.05) is 43.8 Å². The molecular formula is C14H27N3O2. The number of nitrogens with two attached hydrogens (primary N) is 1. The Balaban J connectivity index is 1.52. The topological polar surface area (TPSA) is 62.0 Å². The summed E-state index contributed by atoms with van der Waals surface area (Å²) in [6, 6.07) is 1.29. The van der Waals surface area contributed by atoms with Crippen LogP contribution in [0, 0.1) is 0 Å². The molecule has 2 saturated heterocycles. The average Bonchev–Trinajstić information content (AvgIpc) is 3.07. The van der Waals surface area contributed by atoms with E-state index in [4.69, 9.17) is 10.5 Å². The Kier molecular flexibility index (Phi) is 4.10. The number of aliphatic hydroxyl groups is 1. The van der Waals surface area contributed by atoms with Gasteiger partial charge in [0.25, 0.3) is 0 Å². The normalized spacial score (nSPS) is 42.0. The summed E-state index contributed by atoms with van der Waals surface area (Å²) in [5.41, 5.74) is 5.87. The van der Waals surface area contributed by atoms with Crippen LogP contribution in [0.5, 0.6) is 0 Å². The summed E-state index contributed by atoms with van der Waals surface area (Å²) in [5.74, 6) is 0. The van der Waals surface area contributed by atoms with Gasteiger partial charge in [0.1, 0.15) is 0 Å². The van der Waals surface area contributed by atoms with Crippen molar-refractivity contribution in [3.63, 3.8) is 0 Å². The first kappa shape index (κ1) is 13.8. The Morgan fingerprint density at radius 1 is 1.11 bits per heavy atom. The molecule has 5 heteroatoms. The summed E-state index contributed by atoms with van der Waals surface area (Å²) in [7, 11) is 0. The van der Waals surface area contributed by atoms with Gasteiger partial charge in [-0.25, -0.2) is 0 Å². The van der Waals surface area contributed by atoms with E-state index in [9.17, 15) is 5.11 Å². The molecule has 1 saturated carbocycles. The van der Waals surface area contributed by atoms with Gasteiger partial charge in [-0.05, 0) is 25.7 Å². The van der Waals surface area contributed by atoms with Gasteiger partial charge in [-0.15, -0.1) is 0 Å². The molecule has 0 aromatic heterocycles. The Bertz CT molecular complexity index is 309. The van der Waals surface area contributed by atoms with Gasteiger partial charge in [0.15, 0.2) is 0 Å². The van der Waals surface area contributed by atoms with Gasteiger partial charge in [-0.3, -0.25) is 9.80 Å². The summed E-state index contributed by atoms with van der Waals surface area (Å²) >= 11 is 0. The van der Waals surface area contributed by atoms with Crippen molar-refractivity contribution in [1.82, 2.24) is 9.80 Å². The number of likely N-dealkylation sites (tertiary alicyclic amines) is 1. The fourth-order valence-electron chi connectivity index (χ4n) is 3.92. The summed E-state index contributed by atoms with van der Waals surface area (Å²) < 4.78 is 5.43. The van der Waals surface area contributed by atoms with Crippen molar-refractivity contribution in [2.24, 2.45) is 5.73 Å². The SMILES string of the molecule is NC1(CO)CCC(N2CCC(N3CCOCC3)C2)C1. The largest absolute Gasteiger partial charge is 0.394 e. The highest BCUT2D eigenvalue weighted by atomic mass is 16.5.